The molecule has 3 aromatic carbocycles. The van der Waals surface area contributed by atoms with Crippen molar-refractivity contribution in [1.82, 2.24) is 0 Å². The van der Waals surface area contributed by atoms with Crippen LogP contribution in [-0.2, 0) is 22.7 Å². The van der Waals surface area contributed by atoms with E-state index in [1.54, 1.807) is 30.3 Å². The number of hydrogen-bond acceptors (Lipinski definition) is 5. The molecule has 0 N–H and O–H groups in total. The molecule has 0 saturated carbocycles. The number of nitrogens with zero attached hydrogens (tertiary/aromatic N) is 1. The third-order valence-electron chi connectivity index (χ3n) is 4.81. The Morgan fingerprint density at radius 1 is 1.00 bits per heavy atom. The zero-order chi connectivity index (χ0) is 26.3. The van der Waals surface area contributed by atoms with Crippen LogP contribution in [0.25, 0.3) is 0 Å². The number of hydrogen-bond donors (Lipinski definition) is 0. The summed E-state index contributed by atoms with van der Waals surface area (Å²) in [5, 5.41) is 9.72. The average Bonchev–Trinajstić information content (AvgIpc) is 2.80. The van der Waals surface area contributed by atoms with Crippen molar-refractivity contribution < 1.29 is 30.5 Å². The van der Waals surface area contributed by atoms with Crippen molar-refractivity contribution in [3.8, 4) is 29.4 Å². The Bertz CT molecular complexity index is 1470. The summed E-state index contributed by atoms with van der Waals surface area (Å²) in [5.41, 5.74) is -0.361. The Kier molecular flexibility index (Phi) is 8.52. The van der Waals surface area contributed by atoms with Gasteiger partial charge >= 0.3 is 16.3 Å². The summed E-state index contributed by atoms with van der Waals surface area (Å²) in [4.78, 5) is 0. The van der Waals surface area contributed by atoms with Crippen molar-refractivity contribution in [2.75, 3.05) is 12.9 Å². The second-order valence-electron chi connectivity index (χ2n) is 7.58. The molecule has 186 valence electrons. The molecule has 0 aliphatic rings. The number of para-hydroxylation sites is 1. The summed E-state index contributed by atoms with van der Waals surface area (Å²) in [5.74, 6) is 5.12. The summed E-state index contributed by atoms with van der Waals surface area (Å²) in [7, 11) is -4.10. The van der Waals surface area contributed by atoms with Gasteiger partial charge < -0.3 is 8.92 Å². The molecule has 0 fully saturated rings. The molecule has 0 aliphatic carbocycles. The fourth-order valence-corrected chi connectivity index (χ4v) is 3.91. The Hall–Kier alpha value is -3.66. The first-order valence-corrected chi connectivity index (χ1v) is 12.7. The van der Waals surface area contributed by atoms with E-state index in [0.717, 1.165) is 24.5 Å². The van der Waals surface area contributed by atoms with Gasteiger partial charge in [0.25, 0.3) is 0 Å². The molecule has 0 heterocycles. The zero-order valence-electron chi connectivity index (χ0n) is 18.9. The van der Waals surface area contributed by atoms with Crippen molar-refractivity contribution >= 4 is 21.7 Å². The monoisotopic (exact) mass is 533 g/mol. The fraction of sp³-hybridized carbons (Fsp3) is 0.192. The summed E-state index contributed by atoms with van der Waals surface area (Å²) in [6, 6.07) is 16.6. The summed E-state index contributed by atoms with van der Waals surface area (Å²) < 4.78 is 74.4. The second-order valence-corrected chi connectivity index (χ2v) is 9.56. The number of ether oxygens (including phenoxy) is 1. The molecule has 0 aliphatic heterocycles. The molecule has 0 atom stereocenters. The van der Waals surface area contributed by atoms with E-state index in [1.807, 2.05) is 6.07 Å². The number of nitriles is 1. The highest BCUT2D eigenvalue weighted by Crippen LogP contribution is 2.36. The topological polar surface area (TPSA) is 76.4 Å². The minimum absolute atomic E-state index is 0.302. The number of halogens is 4. The van der Waals surface area contributed by atoms with E-state index >= 15 is 0 Å². The maximum atomic E-state index is 13.6. The Morgan fingerprint density at radius 2 is 1.72 bits per heavy atom. The van der Waals surface area contributed by atoms with Crippen LogP contribution in [0.5, 0.6) is 11.5 Å². The predicted octanol–water partition coefficient (Wildman–Crippen LogP) is 5.98. The van der Waals surface area contributed by atoms with Crippen LogP contribution in [0.3, 0.4) is 0 Å². The van der Waals surface area contributed by atoms with Crippen LogP contribution >= 0.6 is 11.6 Å². The molecule has 36 heavy (non-hydrogen) atoms. The van der Waals surface area contributed by atoms with Crippen LogP contribution in [0.2, 0.25) is 5.02 Å². The van der Waals surface area contributed by atoms with Gasteiger partial charge in [0.05, 0.1) is 40.6 Å². The molecule has 0 saturated heterocycles. The number of alkyl halides is 3. The lowest BCUT2D eigenvalue weighted by Gasteiger charge is -2.13. The third kappa shape index (κ3) is 7.42. The van der Waals surface area contributed by atoms with Crippen LogP contribution < -0.4 is 8.92 Å². The van der Waals surface area contributed by atoms with Crippen molar-refractivity contribution in [2.45, 2.75) is 19.0 Å². The molecule has 5 nitrogen and oxygen atoms in total. The van der Waals surface area contributed by atoms with Crippen LogP contribution in [0, 0.1) is 23.2 Å². The SMILES string of the molecule is CS(=O)(=O)Oc1cccc(C(F)(F)F)c1C#Cc1ccc(C#N)cc1CCCOc1ccccc1Cl. The fourth-order valence-electron chi connectivity index (χ4n) is 3.26. The largest absolute Gasteiger partial charge is 0.492 e. The highest BCUT2D eigenvalue weighted by molar-refractivity contribution is 7.86. The summed E-state index contributed by atoms with van der Waals surface area (Å²) >= 11 is 6.07. The highest BCUT2D eigenvalue weighted by atomic mass is 35.5. The van der Waals surface area contributed by atoms with Gasteiger partial charge in [-0.05, 0) is 60.9 Å². The van der Waals surface area contributed by atoms with Gasteiger partial charge in [-0.2, -0.15) is 26.9 Å². The number of aryl methyl sites for hydroxylation is 1. The lowest BCUT2D eigenvalue weighted by atomic mass is 9.99. The molecule has 0 amide bonds. The molecule has 0 spiro atoms. The predicted molar refractivity (Wildman–Crippen MR) is 129 cm³/mol. The minimum atomic E-state index is -4.79. The molecule has 0 unspecified atom stereocenters. The quantitative estimate of drug-likeness (QED) is 0.212. The van der Waals surface area contributed by atoms with Gasteiger partial charge in [-0.25, -0.2) is 0 Å². The van der Waals surface area contributed by atoms with E-state index in [1.165, 1.54) is 12.1 Å². The zero-order valence-corrected chi connectivity index (χ0v) is 20.5. The van der Waals surface area contributed by atoms with Gasteiger partial charge in [-0.3, -0.25) is 0 Å². The summed E-state index contributed by atoms with van der Waals surface area (Å²) in [6.07, 6.45) is -3.13. The molecule has 10 heteroatoms. The van der Waals surface area contributed by atoms with Gasteiger partial charge in [0.1, 0.15) is 5.75 Å². The summed E-state index contributed by atoms with van der Waals surface area (Å²) in [6.45, 7) is 0.302. The Balaban J connectivity index is 1.92. The first-order valence-electron chi connectivity index (χ1n) is 10.5. The van der Waals surface area contributed by atoms with Gasteiger partial charge in [0, 0.05) is 5.56 Å². The van der Waals surface area contributed by atoms with Gasteiger partial charge in [-0.15, -0.1) is 0 Å². The maximum Gasteiger partial charge on any atom is 0.417 e. The van der Waals surface area contributed by atoms with Crippen LogP contribution in [0.15, 0.2) is 60.7 Å². The average molecular weight is 534 g/mol. The van der Waals surface area contributed by atoms with E-state index < -0.39 is 33.2 Å². The van der Waals surface area contributed by atoms with Crippen molar-refractivity contribution in [2.24, 2.45) is 0 Å². The molecular formula is C26H19ClF3NO4S. The molecule has 0 aromatic heterocycles. The van der Waals surface area contributed by atoms with E-state index in [2.05, 4.69) is 11.8 Å². The van der Waals surface area contributed by atoms with Crippen molar-refractivity contribution in [3.63, 3.8) is 0 Å². The van der Waals surface area contributed by atoms with Crippen LogP contribution in [-0.4, -0.2) is 21.3 Å². The molecular weight excluding hydrogens is 515 g/mol. The van der Waals surface area contributed by atoms with E-state index in [0.29, 0.717) is 46.9 Å². The van der Waals surface area contributed by atoms with Crippen molar-refractivity contribution in [1.29, 1.82) is 5.26 Å². The molecule has 3 rings (SSSR count). The van der Waals surface area contributed by atoms with E-state index in [-0.39, 0.29) is 0 Å². The van der Waals surface area contributed by atoms with Crippen LogP contribution in [0.4, 0.5) is 13.2 Å². The number of benzene rings is 3. The Labute approximate surface area is 212 Å². The van der Waals surface area contributed by atoms with Gasteiger partial charge in [0.2, 0.25) is 0 Å². The Morgan fingerprint density at radius 3 is 2.39 bits per heavy atom. The first-order chi connectivity index (χ1) is 17.0. The van der Waals surface area contributed by atoms with Gasteiger partial charge in [0.15, 0.2) is 5.75 Å². The molecule has 0 bridgehead atoms. The standard InChI is InChI=1S/C26H19ClF3NO4S/c1-36(32,33)35-24-10-4-7-22(26(28,29)30)21(24)14-13-19-12-11-18(17-31)16-20(19)6-5-15-34-25-9-3-2-8-23(25)27/h2-4,7-12,16H,5-6,15H2,1H3. The van der Waals surface area contributed by atoms with Crippen LogP contribution in [0.1, 0.15) is 34.2 Å². The highest BCUT2D eigenvalue weighted by Gasteiger charge is 2.34. The third-order valence-corrected chi connectivity index (χ3v) is 5.61. The maximum absolute atomic E-state index is 13.6. The lowest BCUT2D eigenvalue weighted by molar-refractivity contribution is -0.137. The van der Waals surface area contributed by atoms with E-state index in [9.17, 15) is 26.9 Å². The molecule has 3 aromatic rings. The number of rotatable bonds is 7. The van der Waals surface area contributed by atoms with Gasteiger partial charge in [-0.1, -0.05) is 41.6 Å². The smallest absolute Gasteiger partial charge is 0.417 e. The normalized spacial score (nSPS) is 11.2. The van der Waals surface area contributed by atoms with Crippen molar-refractivity contribution in [3.05, 3.63) is 93.5 Å². The second kappa shape index (κ2) is 11.4. The molecule has 0 radical (unpaired) electrons. The lowest BCUT2D eigenvalue weighted by Crippen LogP contribution is -2.12. The first kappa shape index (κ1) is 26.9. The van der Waals surface area contributed by atoms with E-state index in [4.69, 9.17) is 20.5 Å². The minimum Gasteiger partial charge on any atom is -0.492 e.